The summed E-state index contributed by atoms with van der Waals surface area (Å²) in [4.78, 5) is 23.9. The van der Waals surface area contributed by atoms with Gasteiger partial charge >= 0.3 is 0 Å². The van der Waals surface area contributed by atoms with Gasteiger partial charge in [-0.25, -0.2) is 9.97 Å². The quantitative estimate of drug-likeness (QED) is 0.432. The van der Waals surface area contributed by atoms with E-state index in [9.17, 15) is 4.79 Å². The van der Waals surface area contributed by atoms with Gasteiger partial charge in [0.2, 0.25) is 5.91 Å². The third-order valence-electron chi connectivity index (χ3n) is 4.74. The molecule has 7 nitrogen and oxygen atoms in total. The van der Waals surface area contributed by atoms with Crippen LogP contribution in [-0.2, 0) is 4.79 Å². The lowest BCUT2D eigenvalue weighted by molar-refractivity contribution is -0.118. The van der Waals surface area contributed by atoms with Crippen LogP contribution in [0.2, 0.25) is 0 Å². The highest BCUT2D eigenvalue weighted by Gasteiger charge is 2.07. The minimum Gasteiger partial charge on any atom is -0.455 e. The number of hydrogen-bond acceptors (Lipinski definition) is 6. The van der Waals surface area contributed by atoms with E-state index in [1.807, 2.05) is 67.6 Å². The van der Waals surface area contributed by atoms with Gasteiger partial charge in [0.1, 0.15) is 23.6 Å². The summed E-state index contributed by atoms with van der Waals surface area (Å²) in [5.41, 5.74) is 3.72. The lowest BCUT2D eigenvalue weighted by atomic mass is 10.1. The Morgan fingerprint density at radius 1 is 1.12 bits per heavy atom. The van der Waals surface area contributed by atoms with Gasteiger partial charge in [0.15, 0.2) is 0 Å². The fraction of sp³-hybridized carbons (Fsp3) is 0.120. The number of fused-ring (bicyclic) bond motifs is 1. The van der Waals surface area contributed by atoms with Gasteiger partial charge in [-0.15, -0.1) is 0 Å². The number of benzene rings is 2. The highest BCUT2D eigenvalue weighted by molar-refractivity contribution is 5.92. The van der Waals surface area contributed by atoms with Crippen LogP contribution in [0.1, 0.15) is 18.1 Å². The molecule has 32 heavy (non-hydrogen) atoms. The minimum atomic E-state index is -0.0554. The van der Waals surface area contributed by atoms with Crippen molar-refractivity contribution in [2.45, 2.75) is 13.8 Å². The number of aromatic nitrogens is 3. The molecule has 0 unspecified atom stereocenters. The number of nitrogens with zero attached hydrogens (tertiary/aromatic N) is 3. The van der Waals surface area contributed by atoms with Gasteiger partial charge in [-0.2, -0.15) is 0 Å². The van der Waals surface area contributed by atoms with Crippen molar-refractivity contribution in [3.8, 4) is 11.5 Å². The monoisotopic (exact) mass is 425 g/mol. The van der Waals surface area contributed by atoms with Crippen LogP contribution in [0, 0.1) is 6.92 Å². The van der Waals surface area contributed by atoms with Gasteiger partial charge < -0.3 is 15.4 Å². The molecule has 0 fully saturated rings. The van der Waals surface area contributed by atoms with Gasteiger partial charge in [-0.3, -0.25) is 9.78 Å². The summed E-state index contributed by atoms with van der Waals surface area (Å²) in [5, 5.41) is 7.04. The maximum absolute atomic E-state index is 11.0. The first kappa shape index (κ1) is 21.0. The molecule has 1 amide bonds. The Kier molecular flexibility index (Phi) is 6.36. The van der Waals surface area contributed by atoms with Crippen LogP contribution in [0.15, 0.2) is 73.3 Å². The van der Waals surface area contributed by atoms with Gasteiger partial charge in [0, 0.05) is 30.7 Å². The number of carbonyl (C=O) groups excluding carboxylic acids is 1. The molecule has 0 bridgehead atoms. The molecule has 160 valence electrons. The molecule has 0 spiro atoms. The first-order chi connectivity index (χ1) is 15.6. The number of ether oxygens (including phenoxy) is 1. The van der Waals surface area contributed by atoms with E-state index in [0.717, 1.165) is 33.5 Å². The Bertz CT molecular complexity index is 1270. The van der Waals surface area contributed by atoms with Gasteiger partial charge in [0.25, 0.3) is 0 Å². The normalized spacial score (nSPS) is 10.9. The Morgan fingerprint density at radius 2 is 2.03 bits per heavy atom. The third-order valence-corrected chi connectivity index (χ3v) is 4.74. The van der Waals surface area contributed by atoms with E-state index in [2.05, 4.69) is 25.6 Å². The number of amides is 1. The van der Waals surface area contributed by atoms with Crippen LogP contribution in [0.5, 0.6) is 11.5 Å². The maximum Gasteiger partial charge on any atom is 0.217 e. The molecule has 0 aliphatic rings. The summed E-state index contributed by atoms with van der Waals surface area (Å²) in [6.45, 7) is 3.97. The van der Waals surface area contributed by atoms with Crippen molar-refractivity contribution in [1.29, 1.82) is 0 Å². The standard InChI is InChI=1S/C25H23N5O2/c1-17-13-20(8-10-24(17)32-21-6-4-11-26-15-21)30-25-22-14-19(5-3-12-27-18(2)31)7-9-23(22)28-16-29-25/h3-11,13-16H,12H2,1-2H3,(H,27,31)(H,28,29,30)/b5-3+. The fourth-order valence-electron chi connectivity index (χ4n) is 3.19. The number of anilines is 2. The fourth-order valence-corrected chi connectivity index (χ4v) is 3.19. The third kappa shape index (κ3) is 5.26. The van der Waals surface area contributed by atoms with E-state index in [-0.39, 0.29) is 5.91 Å². The molecule has 0 saturated heterocycles. The minimum absolute atomic E-state index is 0.0554. The largest absolute Gasteiger partial charge is 0.455 e. The van der Waals surface area contributed by atoms with Crippen molar-refractivity contribution < 1.29 is 9.53 Å². The Morgan fingerprint density at radius 3 is 2.81 bits per heavy atom. The molecule has 0 aliphatic carbocycles. The number of carbonyl (C=O) groups is 1. The molecule has 2 aromatic heterocycles. The topological polar surface area (TPSA) is 89.0 Å². The Balaban J connectivity index is 1.55. The molecule has 2 aromatic carbocycles. The van der Waals surface area contributed by atoms with E-state index in [1.165, 1.54) is 6.92 Å². The predicted molar refractivity (Wildman–Crippen MR) is 126 cm³/mol. The molecule has 4 aromatic rings. The van der Waals surface area contributed by atoms with Crippen LogP contribution >= 0.6 is 0 Å². The van der Waals surface area contributed by atoms with Crippen molar-refractivity contribution in [2.24, 2.45) is 0 Å². The number of rotatable bonds is 7. The zero-order valence-corrected chi connectivity index (χ0v) is 17.9. The summed E-state index contributed by atoms with van der Waals surface area (Å²) in [6, 6.07) is 15.5. The smallest absolute Gasteiger partial charge is 0.217 e. The maximum atomic E-state index is 11.0. The van der Waals surface area contributed by atoms with Crippen molar-refractivity contribution in [1.82, 2.24) is 20.3 Å². The van der Waals surface area contributed by atoms with Crippen LogP contribution < -0.4 is 15.4 Å². The zero-order valence-electron chi connectivity index (χ0n) is 17.9. The van der Waals surface area contributed by atoms with E-state index in [1.54, 1.807) is 18.7 Å². The summed E-state index contributed by atoms with van der Waals surface area (Å²) >= 11 is 0. The molecule has 2 heterocycles. The second-order valence-electron chi connectivity index (χ2n) is 7.23. The van der Waals surface area contributed by atoms with Gasteiger partial charge in [0.05, 0.1) is 11.7 Å². The van der Waals surface area contributed by atoms with Crippen LogP contribution in [0.3, 0.4) is 0 Å². The highest BCUT2D eigenvalue weighted by atomic mass is 16.5. The molecular formula is C25H23N5O2. The SMILES string of the molecule is CC(=O)NC/C=C/c1ccc2ncnc(Nc3ccc(Oc4cccnc4)c(C)c3)c2c1. The van der Waals surface area contributed by atoms with E-state index >= 15 is 0 Å². The summed E-state index contributed by atoms with van der Waals surface area (Å²) in [6.07, 6.45) is 8.80. The average molecular weight is 425 g/mol. The number of nitrogens with one attached hydrogen (secondary N) is 2. The molecule has 4 rings (SSSR count). The second-order valence-corrected chi connectivity index (χ2v) is 7.23. The lowest BCUT2D eigenvalue weighted by Crippen LogP contribution is -2.19. The molecule has 0 saturated carbocycles. The Labute approximate surface area is 186 Å². The van der Waals surface area contributed by atoms with Gasteiger partial charge in [-0.1, -0.05) is 18.2 Å². The molecule has 7 heteroatoms. The van der Waals surface area contributed by atoms with E-state index in [0.29, 0.717) is 18.1 Å². The van der Waals surface area contributed by atoms with Crippen molar-refractivity contribution in [2.75, 3.05) is 11.9 Å². The summed E-state index contributed by atoms with van der Waals surface area (Å²) in [7, 11) is 0. The first-order valence-electron chi connectivity index (χ1n) is 10.2. The molecule has 0 atom stereocenters. The second kappa shape index (κ2) is 9.70. The predicted octanol–water partition coefficient (Wildman–Crippen LogP) is 5.02. The van der Waals surface area contributed by atoms with Crippen molar-refractivity contribution in [3.63, 3.8) is 0 Å². The number of aryl methyl sites for hydroxylation is 1. The summed E-state index contributed by atoms with van der Waals surface area (Å²) in [5.74, 6) is 2.12. The lowest BCUT2D eigenvalue weighted by Gasteiger charge is -2.12. The zero-order chi connectivity index (χ0) is 22.3. The Hall–Kier alpha value is -4.26. The molecule has 2 N–H and O–H groups in total. The number of hydrogen-bond donors (Lipinski definition) is 2. The van der Waals surface area contributed by atoms with Crippen LogP contribution in [0.25, 0.3) is 17.0 Å². The van der Waals surface area contributed by atoms with Crippen LogP contribution in [-0.4, -0.2) is 27.4 Å². The van der Waals surface area contributed by atoms with Crippen molar-refractivity contribution in [3.05, 3.63) is 84.5 Å². The summed E-state index contributed by atoms with van der Waals surface area (Å²) < 4.78 is 5.91. The van der Waals surface area contributed by atoms with Crippen molar-refractivity contribution >= 4 is 34.4 Å². The molecule has 0 radical (unpaired) electrons. The van der Waals surface area contributed by atoms with E-state index in [4.69, 9.17) is 4.74 Å². The van der Waals surface area contributed by atoms with Gasteiger partial charge in [-0.05, 0) is 60.5 Å². The number of pyridine rings is 1. The first-order valence-corrected chi connectivity index (χ1v) is 10.2. The average Bonchev–Trinajstić information content (AvgIpc) is 2.79. The molecule has 0 aliphatic heterocycles. The highest BCUT2D eigenvalue weighted by Crippen LogP contribution is 2.29. The molecular weight excluding hydrogens is 402 g/mol. The van der Waals surface area contributed by atoms with Crippen LogP contribution in [0.4, 0.5) is 11.5 Å². The van der Waals surface area contributed by atoms with E-state index < -0.39 is 0 Å².